The van der Waals surface area contributed by atoms with Crippen LogP contribution in [-0.4, -0.2) is 41.2 Å². The summed E-state index contributed by atoms with van der Waals surface area (Å²) in [6.07, 6.45) is 0.499. The molecule has 1 N–H and O–H groups in total. The zero-order valence-electron chi connectivity index (χ0n) is 14.8. The fourth-order valence-corrected chi connectivity index (χ4v) is 2.76. The van der Waals surface area contributed by atoms with Gasteiger partial charge in [-0.25, -0.2) is 0 Å². The number of hydrogen-bond acceptors (Lipinski definition) is 3. The average molecular weight is 349 g/mol. The van der Waals surface area contributed by atoms with Gasteiger partial charge in [-0.1, -0.05) is 29.8 Å². The Morgan fingerprint density at radius 1 is 1.29 bits per heavy atom. The molecule has 1 aromatic heterocycles. The molecule has 0 aliphatic heterocycles. The molecule has 0 bridgehead atoms. The summed E-state index contributed by atoms with van der Waals surface area (Å²) in [7, 11) is 3.55. The number of nitrogens with one attached hydrogen (secondary N) is 1. The first-order chi connectivity index (χ1) is 11.4. The van der Waals surface area contributed by atoms with Crippen LogP contribution in [0.4, 0.5) is 0 Å². The molecule has 1 aromatic carbocycles. The summed E-state index contributed by atoms with van der Waals surface area (Å²) in [5.41, 5.74) is 4.37. The molecule has 0 aliphatic carbocycles. The van der Waals surface area contributed by atoms with Gasteiger partial charge in [-0.2, -0.15) is 5.10 Å². The molecule has 0 unspecified atom stereocenters. The van der Waals surface area contributed by atoms with Crippen molar-refractivity contribution >= 4 is 17.5 Å². The molecular formula is C18H25ClN4O. The Hall–Kier alpha value is -1.85. The lowest BCUT2D eigenvalue weighted by Crippen LogP contribution is -2.26. The molecule has 0 saturated carbocycles. The van der Waals surface area contributed by atoms with Crippen LogP contribution in [0.15, 0.2) is 24.3 Å². The number of carbonyl (C=O) groups excluding carboxylic acids is 1. The van der Waals surface area contributed by atoms with Gasteiger partial charge < -0.3 is 10.2 Å². The van der Waals surface area contributed by atoms with Gasteiger partial charge in [0.05, 0.1) is 12.2 Å². The number of benzene rings is 1. The smallest absolute Gasteiger partial charge is 0.223 e. The zero-order valence-corrected chi connectivity index (χ0v) is 15.5. The van der Waals surface area contributed by atoms with E-state index in [0.29, 0.717) is 26.1 Å². The number of nitrogens with zero attached hydrogens (tertiary/aromatic N) is 3. The quantitative estimate of drug-likeness (QED) is 0.783. The van der Waals surface area contributed by atoms with Crippen LogP contribution >= 0.6 is 11.6 Å². The van der Waals surface area contributed by atoms with Gasteiger partial charge in [0.15, 0.2) is 0 Å². The minimum Gasteiger partial charge on any atom is -0.349 e. The molecule has 0 atom stereocenters. The van der Waals surface area contributed by atoms with E-state index in [1.807, 2.05) is 35.9 Å². The van der Waals surface area contributed by atoms with Crippen LogP contribution in [0.5, 0.6) is 0 Å². The van der Waals surface area contributed by atoms with Crippen LogP contribution in [-0.2, 0) is 17.9 Å². The number of halogens is 1. The van der Waals surface area contributed by atoms with E-state index in [-0.39, 0.29) is 5.91 Å². The lowest BCUT2D eigenvalue weighted by Gasteiger charge is -2.11. The molecule has 0 radical (unpaired) electrons. The van der Waals surface area contributed by atoms with Crippen LogP contribution in [0.1, 0.15) is 28.9 Å². The molecular weight excluding hydrogens is 324 g/mol. The molecule has 0 spiro atoms. The van der Waals surface area contributed by atoms with Gasteiger partial charge in [-0.3, -0.25) is 9.48 Å². The first kappa shape index (κ1) is 18.5. The predicted molar refractivity (Wildman–Crippen MR) is 97.3 cm³/mol. The highest BCUT2D eigenvalue weighted by Crippen LogP contribution is 2.19. The summed E-state index contributed by atoms with van der Waals surface area (Å²) in [5.74, 6) is 0.130. The Morgan fingerprint density at radius 3 is 2.67 bits per heavy atom. The van der Waals surface area contributed by atoms with Crippen LogP contribution in [0, 0.1) is 13.8 Å². The second-order valence-corrected chi connectivity index (χ2v) is 6.52. The van der Waals surface area contributed by atoms with Gasteiger partial charge in [0.2, 0.25) is 5.91 Å². The second kappa shape index (κ2) is 8.31. The van der Waals surface area contributed by atoms with Crippen molar-refractivity contribution in [3.63, 3.8) is 0 Å². The molecule has 1 heterocycles. The van der Waals surface area contributed by atoms with Crippen molar-refractivity contribution in [3.8, 4) is 0 Å². The van der Waals surface area contributed by atoms with E-state index in [1.165, 1.54) is 5.56 Å². The summed E-state index contributed by atoms with van der Waals surface area (Å²) >= 11 is 6.24. The maximum absolute atomic E-state index is 11.6. The number of rotatable bonds is 7. The van der Waals surface area contributed by atoms with Crippen molar-refractivity contribution in [1.82, 2.24) is 20.0 Å². The molecule has 5 nitrogen and oxygen atoms in total. The van der Waals surface area contributed by atoms with Crippen molar-refractivity contribution < 1.29 is 4.79 Å². The van der Waals surface area contributed by atoms with Gasteiger partial charge in [0, 0.05) is 49.9 Å². The molecule has 2 aromatic rings. The molecule has 0 fully saturated rings. The van der Waals surface area contributed by atoms with Crippen molar-refractivity contribution in [2.45, 2.75) is 33.4 Å². The number of hydrogen-bond donors (Lipinski definition) is 1. The maximum Gasteiger partial charge on any atom is 0.223 e. The first-order valence-corrected chi connectivity index (χ1v) is 8.45. The predicted octanol–water partition coefficient (Wildman–Crippen LogP) is 2.77. The van der Waals surface area contributed by atoms with Crippen LogP contribution < -0.4 is 5.32 Å². The number of aromatic nitrogens is 2. The maximum atomic E-state index is 11.6. The highest BCUT2D eigenvalue weighted by Gasteiger charge is 2.12. The Labute approximate surface area is 148 Å². The monoisotopic (exact) mass is 348 g/mol. The second-order valence-electron chi connectivity index (χ2n) is 6.11. The summed E-state index contributed by atoms with van der Waals surface area (Å²) in [5, 5.41) is 8.72. The fourth-order valence-electron chi connectivity index (χ4n) is 2.56. The standard InChI is InChI=1S/C18H25ClN4O/c1-13-16(11-20-10-9-18(24)22(3)4)14(2)23(21-13)12-15-7-5-6-8-17(15)19/h5-8,20H,9-12H2,1-4H3. The molecule has 2 rings (SSSR count). The Morgan fingerprint density at radius 2 is 2.00 bits per heavy atom. The van der Waals surface area contributed by atoms with Crippen LogP contribution in [0.3, 0.4) is 0 Å². The van der Waals surface area contributed by atoms with E-state index < -0.39 is 0 Å². The highest BCUT2D eigenvalue weighted by atomic mass is 35.5. The van der Waals surface area contributed by atoms with Gasteiger partial charge in [-0.05, 0) is 25.5 Å². The molecule has 0 saturated heterocycles. The normalized spacial score (nSPS) is 10.9. The first-order valence-electron chi connectivity index (χ1n) is 8.07. The Bertz CT molecular complexity index is 709. The topological polar surface area (TPSA) is 50.2 Å². The SMILES string of the molecule is Cc1nn(Cc2ccccc2Cl)c(C)c1CNCCC(=O)N(C)C. The molecule has 24 heavy (non-hydrogen) atoms. The minimum atomic E-state index is 0.130. The van der Waals surface area contributed by atoms with Crippen LogP contribution in [0.2, 0.25) is 5.02 Å². The van der Waals surface area contributed by atoms with Crippen LogP contribution in [0.25, 0.3) is 0 Å². The minimum absolute atomic E-state index is 0.130. The largest absolute Gasteiger partial charge is 0.349 e. The van der Waals surface area contributed by atoms with E-state index >= 15 is 0 Å². The third-order valence-corrected chi connectivity index (χ3v) is 4.49. The molecule has 0 aliphatic rings. The molecule has 6 heteroatoms. The summed E-state index contributed by atoms with van der Waals surface area (Å²) in [4.78, 5) is 13.2. The lowest BCUT2D eigenvalue weighted by atomic mass is 10.2. The third kappa shape index (κ3) is 4.58. The van der Waals surface area contributed by atoms with E-state index in [4.69, 9.17) is 11.6 Å². The van der Waals surface area contributed by atoms with E-state index in [0.717, 1.165) is 22.0 Å². The van der Waals surface area contributed by atoms with Crippen molar-refractivity contribution in [2.75, 3.05) is 20.6 Å². The fraction of sp³-hybridized carbons (Fsp3) is 0.444. The van der Waals surface area contributed by atoms with E-state index in [1.54, 1.807) is 19.0 Å². The van der Waals surface area contributed by atoms with Crippen molar-refractivity contribution in [3.05, 3.63) is 51.8 Å². The Balaban J connectivity index is 1.99. The number of amides is 1. The summed E-state index contributed by atoms with van der Waals surface area (Å²) in [6.45, 7) is 6.11. The summed E-state index contributed by atoms with van der Waals surface area (Å²) in [6, 6.07) is 7.82. The molecule has 130 valence electrons. The summed E-state index contributed by atoms with van der Waals surface area (Å²) < 4.78 is 1.98. The van der Waals surface area contributed by atoms with E-state index in [2.05, 4.69) is 17.3 Å². The van der Waals surface area contributed by atoms with Crippen molar-refractivity contribution in [2.24, 2.45) is 0 Å². The molecule has 1 amide bonds. The third-order valence-electron chi connectivity index (χ3n) is 4.13. The number of aryl methyl sites for hydroxylation is 1. The van der Waals surface area contributed by atoms with Gasteiger partial charge >= 0.3 is 0 Å². The van der Waals surface area contributed by atoms with Gasteiger partial charge in [0.25, 0.3) is 0 Å². The average Bonchev–Trinajstić information content (AvgIpc) is 2.80. The van der Waals surface area contributed by atoms with Gasteiger partial charge in [0.1, 0.15) is 0 Å². The lowest BCUT2D eigenvalue weighted by molar-refractivity contribution is -0.128. The Kier molecular flexibility index (Phi) is 6.40. The number of carbonyl (C=O) groups is 1. The van der Waals surface area contributed by atoms with Crippen molar-refractivity contribution in [1.29, 1.82) is 0 Å². The highest BCUT2D eigenvalue weighted by molar-refractivity contribution is 6.31. The van der Waals surface area contributed by atoms with Gasteiger partial charge in [-0.15, -0.1) is 0 Å². The van der Waals surface area contributed by atoms with E-state index in [9.17, 15) is 4.79 Å². The zero-order chi connectivity index (χ0) is 17.7.